The summed E-state index contributed by atoms with van der Waals surface area (Å²) >= 11 is 0. The molecule has 1 spiro atoms. The number of piperidine rings is 1. The molecule has 4 rings (SSSR count). The third-order valence-corrected chi connectivity index (χ3v) is 8.88. The number of carbonyl (C=O) groups is 1. The van der Waals surface area contributed by atoms with E-state index < -0.39 is 32.3 Å². The lowest BCUT2D eigenvalue weighted by Gasteiger charge is -2.38. The number of fused-ring (bicyclic) bond motifs is 1. The summed E-state index contributed by atoms with van der Waals surface area (Å²) in [5, 5.41) is 9.97. The summed E-state index contributed by atoms with van der Waals surface area (Å²) in [7, 11) is -3.49. The molecule has 1 aromatic carbocycles. The number of amides is 1. The third-order valence-electron chi connectivity index (χ3n) is 6.17. The van der Waals surface area contributed by atoms with E-state index in [-0.39, 0.29) is 22.4 Å². The molecular weight excluding hydrogens is 422 g/mol. The predicted octanol–water partition coefficient (Wildman–Crippen LogP) is 2.23. The Morgan fingerprint density at radius 3 is 2.58 bits per heavy atom. The van der Waals surface area contributed by atoms with Crippen LogP contribution in [0.5, 0.6) is 5.75 Å². The summed E-state index contributed by atoms with van der Waals surface area (Å²) in [5.74, 6) is -0.195. The lowest BCUT2D eigenvalue weighted by Crippen LogP contribution is -2.50. The summed E-state index contributed by atoms with van der Waals surface area (Å²) in [6.07, 6.45) is 1.85. The van der Waals surface area contributed by atoms with E-state index in [0.717, 1.165) is 0 Å². The van der Waals surface area contributed by atoms with Crippen LogP contribution in [0.25, 0.3) is 10.9 Å². The smallest absolute Gasteiger partial charge is 0.410 e. The Bertz CT molecular complexity index is 1190. The maximum atomic E-state index is 13.1. The fourth-order valence-corrected chi connectivity index (χ4v) is 6.94. The molecule has 1 atom stereocenters. The van der Waals surface area contributed by atoms with E-state index in [4.69, 9.17) is 4.74 Å². The highest BCUT2D eigenvalue weighted by Crippen LogP contribution is 2.45. The SMILES string of the molecule is CC(C)(C)OC(=O)N1CCC2(CC1)CC(n1cnc3ccc(O)cc3c1=O)CS2(=O)=O. The van der Waals surface area contributed by atoms with Crippen LogP contribution in [0.4, 0.5) is 4.79 Å². The van der Waals surface area contributed by atoms with E-state index in [1.165, 1.54) is 23.0 Å². The highest BCUT2D eigenvalue weighted by Gasteiger charge is 2.54. The lowest BCUT2D eigenvalue weighted by atomic mass is 9.90. The lowest BCUT2D eigenvalue weighted by molar-refractivity contribution is 0.0192. The Kier molecular flexibility index (Phi) is 5.03. The van der Waals surface area contributed by atoms with Crippen LogP contribution in [0.2, 0.25) is 0 Å². The van der Waals surface area contributed by atoms with Crippen LogP contribution in [0.15, 0.2) is 29.3 Å². The molecular formula is C21H27N3O6S. The van der Waals surface area contributed by atoms with E-state index in [9.17, 15) is 23.1 Å². The van der Waals surface area contributed by atoms with Crippen molar-refractivity contribution >= 4 is 26.8 Å². The van der Waals surface area contributed by atoms with Gasteiger partial charge >= 0.3 is 6.09 Å². The molecule has 3 heterocycles. The number of sulfone groups is 1. The van der Waals surface area contributed by atoms with E-state index in [2.05, 4.69) is 4.98 Å². The number of aromatic nitrogens is 2. The quantitative estimate of drug-likeness (QED) is 0.709. The molecule has 0 aliphatic carbocycles. The fraction of sp³-hybridized carbons (Fsp3) is 0.571. The maximum absolute atomic E-state index is 13.1. The minimum absolute atomic E-state index is 0.0471. The average molecular weight is 450 g/mol. The Morgan fingerprint density at radius 1 is 1.26 bits per heavy atom. The summed E-state index contributed by atoms with van der Waals surface area (Å²) in [5.41, 5.74) is -0.542. The normalized spacial score (nSPS) is 22.7. The first-order chi connectivity index (χ1) is 14.4. The van der Waals surface area contributed by atoms with Crippen LogP contribution in [-0.4, -0.2) is 63.3 Å². The highest BCUT2D eigenvalue weighted by molar-refractivity contribution is 7.93. The summed E-state index contributed by atoms with van der Waals surface area (Å²) in [6, 6.07) is 3.81. The summed E-state index contributed by atoms with van der Waals surface area (Å²) in [4.78, 5) is 31.1. The van der Waals surface area contributed by atoms with Gasteiger partial charge in [-0.3, -0.25) is 9.36 Å². The third kappa shape index (κ3) is 3.88. The zero-order chi connectivity index (χ0) is 22.6. The van der Waals surface area contributed by atoms with E-state index >= 15 is 0 Å². The number of aromatic hydroxyl groups is 1. The summed E-state index contributed by atoms with van der Waals surface area (Å²) < 4.78 is 32.1. The Morgan fingerprint density at radius 2 is 1.94 bits per heavy atom. The second kappa shape index (κ2) is 7.22. The van der Waals surface area contributed by atoms with Gasteiger partial charge in [-0.25, -0.2) is 18.2 Å². The van der Waals surface area contributed by atoms with Crippen LogP contribution >= 0.6 is 0 Å². The van der Waals surface area contributed by atoms with Gasteiger partial charge in [0.25, 0.3) is 5.56 Å². The van der Waals surface area contributed by atoms with Crippen LogP contribution in [0.1, 0.15) is 46.1 Å². The molecule has 0 saturated carbocycles. The number of carbonyl (C=O) groups excluding carboxylic acids is 1. The first kappa shape index (κ1) is 21.6. The number of ether oxygens (including phenoxy) is 1. The van der Waals surface area contributed by atoms with Gasteiger partial charge in [0.15, 0.2) is 9.84 Å². The van der Waals surface area contributed by atoms with Gasteiger partial charge in [0, 0.05) is 13.1 Å². The Balaban J connectivity index is 1.57. The number of hydrogen-bond acceptors (Lipinski definition) is 7. The zero-order valence-electron chi connectivity index (χ0n) is 17.9. The van der Waals surface area contributed by atoms with Crippen molar-refractivity contribution in [1.82, 2.24) is 14.5 Å². The van der Waals surface area contributed by atoms with Gasteiger partial charge in [0.1, 0.15) is 11.4 Å². The number of phenols is 1. The van der Waals surface area contributed by atoms with Crippen LogP contribution in [0.3, 0.4) is 0 Å². The molecule has 2 saturated heterocycles. The van der Waals surface area contributed by atoms with Crippen molar-refractivity contribution in [2.75, 3.05) is 18.8 Å². The molecule has 0 bridgehead atoms. The standard InChI is InChI=1S/C21H27N3O6S/c1-20(2,3)30-19(27)23-8-6-21(7-9-23)11-14(12-31(21,28)29)24-13-22-17-5-4-15(25)10-16(17)18(24)26/h4-5,10,13-14,25H,6-9,11-12H2,1-3H3. The first-order valence-electron chi connectivity index (χ1n) is 10.3. The number of likely N-dealkylation sites (tertiary alicyclic amines) is 1. The number of rotatable bonds is 1. The largest absolute Gasteiger partial charge is 0.508 e. The van der Waals surface area contributed by atoms with Crippen molar-refractivity contribution in [3.63, 3.8) is 0 Å². The first-order valence-corrected chi connectivity index (χ1v) is 12.0. The van der Waals surface area contributed by atoms with E-state index in [0.29, 0.717) is 37.9 Å². The minimum Gasteiger partial charge on any atom is -0.508 e. The average Bonchev–Trinajstić information content (AvgIpc) is 2.91. The molecule has 0 radical (unpaired) electrons. The van der Waals surface area contributed by atoms with Gasteiger partial charge in [0.05, 0.1) is 33.8 Å². The molecule has 1 aromatic heterocycles. The Hall–Kier alpha value is -2.62. The highest BCUT2D eigenvalue weighted by atomic mass is 32.2. The van der Waals surface area contributed by atoms with Crippen LogP contribution in [0, 0.1) is 0 Å². The number of hydrogen-bond donors (Lipinski definition) is 1. The van der Waals surface area contributed by atoms with Gasteiger partial charge in [-0.15, -0.1) is 0 Å². The molecule has 2 aliphatic rings. The molecule has 1 unspecified atom stereocenters. The summed E-state index contributed by atoms with van der Waals surface area (Å²) in [6.45, 7) is 5.95. The molecule has 2 fully saturated rings. The van der Waals surface area contributed by atoms with Crippen molar-refractivity contribution in [2.45, 2.75) is 56.4 Å². The topological polar surface area (TPSA) is 119 Å². The van der Waals surface area contributed by atoms with Crippen molar-refractivity contribution < 1.29 is 23.1 Å². The second-order valence-corrected chi connectivity index (χ2v) is 11.9. The van der Waals surface area contributed by atoms with Gasteiger partial charge in [-0.05, 0) is 58.2 Å². The van der Waals surface area contributed by atoms with Gasteiger partial charge in [-0.1, -0.05) is 0 Å². The monoisotopic (exact) mass is 449 g/mol. The number of nitrogens with zero attached hydrogens (tertiary/aromatic N) is 3. The molecule has 1 amide bonds. The Labute approximate surface area is 180 Å². The maximum Gasteiger partial charge on any atom is 0.410 e. The van der Waals surface area contributed by atoms with E-state index in [1.54, 1.807) is 31.7 Å². The fourth-order valence-electron chi connectivity index (χ4n) is 4.55. The van der Waals surface area contributed by atoms with E-state index in [1.807, 2.05) is 0 Å². The molecule has 31 heavy (non-hydrogen) atoms. The van der Waals surface area contributed by atoms with Crippen LogP contribution in [-0.2, 0) is 14.6 Å². The second-order valence-electron chi connectivity index (χ2n) is 9.45. The number of benzene rings is 1. The molecule has 1 N–H and O–H groups in total. The van der Waals surface area contributed by atoms with Crippen molar-refractivity contribution in [3.8, 4) is 5.75 Å². The van der Waals surface area contributed by atoms with Crippen molar-refractivity contribution in [1.29, 1.82) is 0 Å². The molecule has 2 aliphatic heterocycles. The van der Waals surface area contributed by atoms with Gasteiger partial charge in [0.2, 0.25) is 0 Å². The predicted molar refractivity (Wildman–Crippen MR) is 115 cm³/mol. The van der Waals surface area contributed by atoms with Gasteiger partial charge < -0.3 is 14.7 Å². The number of phenolic OH excluding ortho intramolecular Hbond substituents is 1. The van der Waals surface area contributed by atoms with Crippen LogP contribution < -0.4 is 5.56 Å². The van der Waals surface area contributed by atoms with Gasteiger partial charge in [-0.2, -0.15) is 0 Å². The molecule has 2 aromatic rings. The minimum atomic E-state index is -3.49. The van der Waals surface area contributed by atoms with Crippen molar-refractivity contribution in [3.05, 3.63) is 34.9 Å². The van der Waals surface area contributed by atoms with Crippen molar-refractivity contribution in [2.24, 2.45) is 0 Å². The molecule has 9 nitrogen and oxygen atoms in total. The zero-order valence-corrected chi connectivity index (χ0v) is 18.7. The molecule has 168 valence electrons. The molecule has 10 heteroatoms.